The van der Waals surface area contributed by atoms with Gasteiger partial charge in [-0.2, -0.15) is 0 Å². The number of aliphatic carboxylic acids is 1. The van der Waals surface area contributed by atoms with E-state index in [9.17, 15) is 14.4 Å². The van der Waals surface area contributed by atoms with Gasteiger partial charge in [0.15, 0.2) is 0 Å². The maximum absolute atomic E-state index is 12.2. The summed E-state index contributed by atoms with van der Waals surface area (Å²) in [5.74, 6) is -1.73. The van der Waals surface area contributed by atoms with Gasteiger partial charge in [-0.15, -0.1) is 0 Å². The number of likely N-dealkylation sites (tertiary alicyclic amines) is 1. The van der Waals surface area contributed by atoms with Crippen LogP contribution < -0.4 is 10.6 Å². The second-order valence-electron chi connectivity index (χ2n) is 7.34. The molecule has 3 rings (SSSR count). The molecule has 2 unspecified atom stereocenters. The first-order valence-corrected chi connectivity index (χ1v) is 9.13. The van der Waals surface area contributed by atoms with Crippen molar-refractivity contribution in [3.8, 4) is 0 Å². The Hall–Kier alpha value is -1.79. The molecule has 0 spiro atoms. The molecule has 1 aliphatic heterocycles. The zero-order valence-corrected chi connectivity index (χ0v) is 14.0. The van der Waals surface area contributed by atoms with Crippen LogP contribution in [0.1, 0.15) is 51.4 Å². The summed E-state index contributed by atoms with van der Waals surface area (Å²) in [6, 6.07) is 0.287. The minimum Gasteiger partial charge on any atom is -0.481 e. The zero-order valence-electron chi connectivity index (χ0n) is 14.0. The van der Waals surface area contributed by atoms with Gasteiger partial charge in [0, 0.05) is 25.2 Å². The van der Waals surface area contributed by atoms with Gasteiger partial charge in [0.05, 0.1) is 11.8 Å². The lowest BCUT2D eigenvalue weighted by Gasteiger charge is -2.33. The average molecular weight is 337 g/mol. The second-order valence-corrected chi connectivity index (χ2v) is 7.34. The third-order valence-electron chi connectivity index (χ3n) is 5.51. The van der Waals surface area contributed by atoms with Crippen molar-refractivity contribution in [1.82, 2.24) is 15.5 Å². The van der Waals surface area contributed by atoms with Crippen molar-refractivity contribution in [1.29, 1.82) is 0 Å². The number of nitrogens with one attached hydrogen (secondary N) is 2. The van der Waals surface area contributed by atoms with Crippen molar-refractivity contribution in [3.05, 3.63) is 0 Å². The molecule has 0 aromatic heterocycles. The van der Waals surface area contributed by atoms with Crippen molar-refractivity contribution < 1.29 is 19.5 Å². The van der Waals surface area contributed by atoms with Crippen LogP contribution in [-0.2, 0) is 9.59 Å². The third-order valence-corrected chi connectivity index (χ3v) is 5.51. The SMILES string of the molecule is O=C(NC1CCCCC1)NC1CCN(C(=O)C2CC2C(=O)O)CC1. The van der Waals surface area contributed by atoms with Crippen molar-refractivity contribution in [3.63, 3.8) is 0 Å². The van der Waals surface area contributed by atoms with Crippen LogP contribution in [0.2, 0.25) is 0 Å². The van der Waals surface area contributed by atoms with Gasteiger partial charge in [0.2, 0.25) is 5.91 Å². The van der Waals surface area contributed by atoms with E-state index in [-0.39, 0.29) is 23.9 Å². The van der Waals surface area contributed by atoms with E-state index in [0.29, 0.717) is 25.6 Å². The van der Waals surface area contributed by atoms with E-state index in [1.165, 1.54) is 19.3 Å². The van der Waals surface area contributed by atoms with E-state index >= 15 is 0 Å². The van der Waals surface area contributed by atoms with Crippen LogP contribution >= 0.6 is 0 Å². The molecule has 1 heterocycles. The van der Waals surface area contributed by atoms with Gasteiger partial charge in [-0.05, 0) is 32.1 Å². The summed E-state index contributed by atoms with van der Waals surface area (Å²) in [6.07, 6.45) is 7.68. The van der Waals surface area contributed by atoms with Crippen molar-refractivity contribution in [2.24, 2.45) is 11.8 Å². The lowest BCUT2D eigenvalue weighted by atomic mass is 9.96. The Kier molecular flexibility index (Phi) is 5.26. The zero-order chi connectivity index (χ0) is 17.1. The Morgan fingerprint density at radius 1 is 0.833 bits per heavy atom. The van der Waals surface area contributed by atoms with Crippen LogP contribution in [0.4, 0.5) is 4.79 Å². The van der Waals surface area contributed by atoms with Gasteiger partial charge < -0.3 is 20.6 Å². The van der Waals surface area contributed by atoms with E-state index in [0.717, 1.165) is 25.7 Å². The topological polar surface area (TPSA) is 98.7 Å². The van der Waals surface area contributed by atoms with Gasteiger partial charge in [0.25, 0.3) is 0 Å². The molecule has 3 fully saturated rings. The van der Waals surface area contributed by atoms with Gasteiger partial charge in [-0.1, -0.05) is 19.3 Å². The molecule has 0 radical (unpaired) electrons. The number of amides is 3. The first-order valence-electron chi connectivity index (χ1n) is 9.13. The molecule has 7 heteroatoms. The highest BCUT2D eigenvalue weighted by Crippen LogP contribution is 2.40. The lowest BCUT2D eigenvalue weighted by molar-refractivity contribution is -0.142. The Morgan fingerprint density at radius 2 is 1.42 bits per heavy atom. The normalized spacial score (nSPS) is 28.2. The molecular weight excluding hydrogens is 310 g/mol. The average Bonchev–Trinajstić information content (AvgIpc) is 3.36. The molecule has 3 amide bonds. The number of hydrogen-bond donors (Lipinski definition) is 3. The number of carboxylic acid groups (broad SMARTS) is 1. The minimum absolute atomic E-state index is 0.0347. The molecule has 2 aliphatic carbocycles. The second kappa shape index (κ2) is 7.40. The quantitative estimate of drug-likeness (QED) is 0.721. The number of carboxylic acids is 1. The van der Waals surface area contributed by atoms with Crippen LogP contribution in [0.5, 0.6) is 0 Å². The molecular formula is C17H27N3O4. The fraction of sp³-hybridized carbons (Fsp3) is 0.824. The van der Waals surface area contributed by atoms with Crippen molar-refractivity contribution in [2.45, 2.75) is 63.5 Å². The maximum atomic E-state index is 12.2. The minimum atomic E-state index is -0.871. The number of nitrogens with zero attached hydrogens (tertiary/aromatic N) is 1. The fourth-order valence-electron chi connectivity index (χ4n) is 3.88. The molecule has 2 atom stereocenters. The number of piperidine rings is 1. The number of carbonyl (C=O) groups excluding carboxylic acids is 2. The molecule has 3 aliphatic rings. The standard InChI is InChI=1S/C17H27N3O4/c21-15(13-10-14(13)16(22)23)20-8-6-12(7-9-20)19-17(24)18-11-4-2-1-3-5-11/h11-14H,1-10H2,(H,22,23)(H2,18,19,24). The summed E-state index contributed by atoms with van der Waals surface area (Å²) >= 11 is 0. The van der Waals surface area contributed by atoms with Crippen LogP contribution in [0.25, 0.3) is 0 Å². The largest absolute Gasteiger partial charge is 0.481 e. The molecule has 2 saturated carbocycles. The number of rotatable bonds is 4. The van der Waals surface area contributed by atoms with E-state index in [1.54, 1.807) is 4.90 Å². The highest BCUT2D eigenvalue weighted by molar-refractivity contribution is 5.89. The van der Waals surface area contributed by atoms with Crippen LogP contribution in [-0.4, -0.2) is 53.1 Å². The van der Waals surface area contributed by atoms with Gasteiger partial charge in [-0.25, -0.2) is 4.79 Å². The third kappa shape index (κ3) is 4.19. The molecule has 0 aromatic rings. The Bertz CT molecular complexity index is 496. The van der Waals surface area contributed by atoms with E-state index in [4.69, 9.17) is 5.11 Å². The number of carbonyl (C=O) groups is 3. The van der Waals surface area contributed by atoms with Gasteiger partial charge in [0.1, 0.15) is 0 Å². The van der Waals surface area contributed by atoms with E-state index < -0.39 is 11.9 Å². The summed E-state index contributed by atoms with van der Waals surface area (Å²) < 4.78 is 0. The monoisotopic (exact) mass is 337 g/mol. The van der Waals surface area contributed by atoms with Gasteiger partial charge >= 0.3 is 12.0 Å². The van der Waals surface area contributed by atoms with Crippen LogP contribution in [0.3, 0.4) is 0 Å². The molecule has 1 saturated heterocycles. The first kappa shape index (κ1) is 17.0. The highest BCUT2D eigenvalue weighted by Gasteiger charge is 2.50. The van der Waals surface area contributed by atoms with E-state index in [2.05, 4.69) is 10.6 Å². The summed E-state index contributed by atoms with van der Waals surface area (Å²) in [7, 11) is 0. The van der Waals surface area contributed by atoms with Crippen LogP contribution in [0, 0.1) is 11.8 Å². The Labute approximate surface area is 142 Å². The fourth-order valence-corrected chi connectivity index (χ4v) is 3.88. The number of hydrogen-bond acceptors (Lipinski definition) is 3. The van der Waals surface area contributed by atoms with Crippen molar-refractivity contribution in [2.75, 3.05) is 13.1 Å². The summed E-state index contributed by atoms with van der Waals surface area (Å²) in [6.45, 7) is 1.19. The first-order chi connectivity index (χ1) is 11.5. The predicted octanol–water partition coefficient (Wildman–Crippen LogP) is 1.33. The molecule has 24 heavy (non-hydrogen) atoms. The summed E-state index contributed by atoms with van der Waals surface area (Å²) in [4.78, 5) is 36.9. The summed E-state index contributed by atoms with van der Waals surface area (Å²) in [5, 5.41) is 15.0. The van der Waals surface area contributed by atoms with Crippen LogP contribution in [0.15, 0.2) is 0 Å². The highest BCUT2D eigenvalue weighted by atomic mass is 16.4. The maximum Gasteiger partial charge on any atom is 0.315 e. The molecule has 0 bridgehead atoms. The Balaban J connectivity index is 1.36. The molecule has 7 nitrogen and oxygen atoms in total. The molecule has 0 aromatic carbocycles. The predicted molar refractivity (Wildman–Crippen MR) is 87.4 cm³/mol. The van der Waals surface area contributed by atoms with E-state index in [1.807, 2.05) is 0 Å². The number of urea groups is 1. The summed E-state index contributed by atoms with van der Waals surface area (Å²) in [5.41, 5.74) is 0. The molecule has 3 N–H and O–H groups in total. The van der Waals surface area contributed by atoms with Gasteiger partial charge in [-0.3, -0.25) is 9.59 Å². The lowest BCUT2D eigenvalue weighted by Crippen LogP contribution is -2.51. The van der Waals surface area contributed by atoms with Crippen molar-refractivity contribution >= 4 is 17.9 Å². The smallest absolute Gasteiger partial charge is 0.315 e. The Morgan fingerprint density at radius 3 is 1.96 bits per heavy atom. The molecule has 134 valence electrons.